The van der Waals surface area contributed by atoms with Crippen LogP contribution in [-0.2, 0) is 0 Å². The molecule has 0 fully saturated rings. The zero-order chi connectivity index (χ0) is 14.8. The number of Topliss-reactive ketones (excluding diaryl/α,β-unsaturated/α-hetero) is 2. The molecule has 0 aliphatic heterocycles. The van der Waals surface area contributed by atoms with Gasteiger partial charge in [0.05, 0.1) is 0 Å². The van der Waals surface area contributed by atoms with Crippen molar-refractivity contribution in [1.29, 1.82) is 0 Å². The van der Waals surface area contributed by atoms with Crippen molar-refractivity contribution in [3.63, 3.8) is 0 Å². The van der Waals surface area contributed by atoms with Crippen LogP contribution in [-0.4, -0.2) is 35.0 Å². The van der Waals surface area contributed by atoms with E-state index in [1.165, 1.54) is 0 Å². The van der Waals surface area contributed by atoms with Gasteiger partial charge in [-0.1, -0.05) is 60.7 Å². The Bertz CT molecular complexity index is 483. The fourth-order valence-corrected chi connectivity index (χ4v) is 1.43. The molecule has 0 atom stereocenters. The van der Waals surface area contributed by atoms with Crippen LogP contribution in [0.4, 0.5) is 0 Å². The molecule has 0 aliphatic carbocycles. The summed E-state index contributed by atoms with van der Waals surface area (Å²) in [5.74, 6) is -0.471. The van der Waals surface area contributed by atoms with E-state index >= 15 is 0 Å². The second kappa shape index (κ2) is 8.74. The molecule has 0 heterocycles. The van der Waals surface area contributed by atoms with Crippen LogP contribution < -0.4 is 0 Å². The monoisotopic (exact) mass is 272 g/mol. The minimum Gasteiger partial charge on any atom is -0.388 e. The quantitative estimate of drug-likeness (QED) is 0.831. The van der Waals surface area contributed by atoms with Gasteiger partial charge in [0.15, 0.2) is 11.6 Å². The first-order chi connectivity index (χ1) is 9.69. The number of aliphatic hydroxyl groups excluding tert-OH is 2. The number of ketones is 2. The van der Waals surface area contributed by atoms with E-state index in [0.717, 1.165) is 0 Å². The molecule has 2 aromatic carbocycles. The number of aliphatic hydroxyl groups is 2. The van der Waals surface area contributed by atoms with E-state index in [-0.39, 0.29) is 11.6 Å². The molecule has 0 aromatic heterocycles. The third-order valence-electron chi connectivity index (χ3n) is 2.48. The SMILES string of the molecule is O=C(CO)c1ccccc1.O=C(CO)c1ccccc1. The van der Waals surface area contributed by atoms with Gasteiger partial charge in [-0.05, 0) is 0 Å². The number of hydrogen-bond donors (Lipinski definition) is 2. The Morgan fingerprint density at radius 1 is 0.650 bits per heavy atom. The average molecular weight is 272 g/mol. The van der Waals surface area contributed by atoms with Crippen molar-refractivity contribution >= 4 is 11.6 Å². The molecule has 0 unspecified atom stereocenters. The van der Waals surface area contributed by atoms with Crippen molar-refractivity contribution in [3.05, 3.63) is 71.8 Å². The number of carbonyl (C=O) groups is 2. The third kappa shape index (κ3) is 5.14. The molecule has 104 valence electrons. The lowest BCUT2D eigenvalue weighted by Gasteiger charge is -1.93. The Morgan fingerprint density at radius 3 is 1.20 bits per heavy atom. The fourth-order valence-electron chi connectivity index (χ4n) is 1.43. The van der Waals surface area contributed by atoms with Gasteiger partial charge in [-0.15, -0.1) is 0 Å². The Hall–Kier alpha value is -2.30. The molecule has 4 heteroatoms. The highest BCUT2D eigenvalue weighted by Crippen LogP contribution is 1.98. The molecule has 0 spiro atoms. The molecule has 20 heavy (non-hydrogen) atoms. The van der Waals surface area contributed by atoms with Gasteiger partial charge in [-0.2, -0.15) is 0 Å². The predicted molar refractivity (Wildman–Crippen MR) is 75.7 cm³/mol. The van der Waals surface area contributed by atoms with E-state index < -0.39 is 13.2 Å². The number of rotatable bonds is 4. The number of hydrogen-bond acceptors (Lipinski definition) is 4. The van der Waals surface area contributed by atoms with Crippen molar-refractivity contribution in [2.45, 2.75) is 0 Å². The third-order valence-corrected chi connectivity index (χ3v) is 2.48. The van der Waals surface area contributed by atoms with Crippen molar-refractivity contribution in [2.75, 3.05) is 13.2 Å². The highest BCUT2D eigenvalue weighted by Gasteiger charge is 2.00. The summed E-state index contributed by atoms with van der Waals surface area (Å²) < 4.78 is 0. The molecule has 2 N–H and O–H groups in total. The van der Waals surface area contributed by atoms with Crippen LogP contribution in [0.5, 0.6) is 0 Å². The first-order valence-corrected chi connectivity index (χ1v) is 6.07. The summed E-state index contributed by atoms with van der Waals surface area (Å²) in [4.78, 5) is 21.5. The van der Waals surface area contributed by atoms with Gasteiger partial charge >= 0.3 is 0 Å². The summed E-state index contributed by atoms with van der Waals surface area (Å²) in [7, 11) is 0. The first kappa shape index (κ1) is 15.8. The molecular formula is C16H16O4. The van der Waals surface area contributed by atoms with Crippen LogP contribution in [0.15, 0.2) is 60.7 Å². The van der Waals surface area contributed by atoms with Gasteiger partial charge in [0.25, 0.3) is 0 Å². The van der Waals surface area contributed by atoms with E-state index in [4.69, 9.17) is 10.2 Å². The van der Waals surface area contributed by atoms with Crippen LogP contribution in [0.25, 0.3) is 0 Å². The van der Waals surface area contributed by atoms with Crippen molar-refractivity contribution in [1.82, 2.24) is 0 Å². The highest BCUT2D eigenvalue weighted by molar-refractivity contribution is 5.97. The van der Waals surface area contributed by atoms with E-state index in [1.54, 1.807) is 48.5 Å². The standard InChI is InChI=1S/2C8H8O2/c2*9-6-8(10)7-4-2-1-3-5-7/h2*1-5,9H,6H2. The molecule has 0 aliphatic rings. The highest BCUT2D eigenvalue weighted by atomic mass is 16.3. The Kier molecular flexibility index (Phi) is 6.89. The van der Waals surface area contributed by atoms with Gasteiger partial charge in [0, 0.05) is 11.1 Å². The van der Waals surface area contributed by atoms with Gasteiger partial charge < -0.3 is 10.2 Å². The van der Waals surface area contributed by atoms with E-state index in [9.17, 15) is 9.59 Å². The fraction of sp³-hybridized carbons (Fsp3) is 0.125. The summed E-state index contributed by atoms with van der Waals surface area (Å²) in [6.45, 7) is -0.825. The van der Waals surface area contributed by atoms with E-state index in [0.29, 0.717) is 11.1 Å². The van der Waals surface area contributed by atoms with Crippen LogP contribution >= 0.6 is 0 Å². The lowest BCUT2D eigenvalue weighted by molar-refractivity contribution is 0.0898. The molecule has 4 nitrogen and oxygen atoms in total. The average Bonchev–Trinajstić information content (AvgIpc) is 2.55. The summed E-state index contributed by atoms with van der Waals surface area (Å²) in [6.07, 6.45) is 0. The molecule has 2 rings (SSSR count). The summed E-state index contributed by atoms with van der Waals surface area (Å²) in [6, 6.07) is 17.4. The van der Waals surface area contributed by atoms with Crippen LogP contribution in [0.3, 0.4) is 0 Å². The predicted octanol–water partition coefficient (Wildman–Crippen LogP) is 1.72. The van der Waals surface area contributed by atoms with Crippen LogP contribution in [0.2, 0.25) is 0 Å². The number of carbonyl (C=O) groups excluding carboxylic acids is 2. The van der Waals surface area contributed by atoms with Gasteiger partial charge in [-0.3, -0.25) is 9.59 Å². The molecular weight excluding hydrogens is 256 g/mol. The summed E-state index contributed by atoms with van der Waals surface area (Å²) >= 11 is 0. The van der Waals surface area contributed by atoms with Gasteiger partial charge in [0.1, 0.15) is 13.2 Å². The molecule has 0 amide bonds. The smallest absolute Gasteiger partial charge is 0.188 e. The van der Waals surface area contributed by atoms with Crippen molar-refractivity contribution in [3.8, 4) is 0 Å². The summed E-state index contributed by atoms with van der Waals surface area (Å²) in [5.41, 5.74) is 1.12. The van der Waals surface area contributed by atoms with Gasteiger partial charge in [0.2, 0.25) is 0 Å². The maximum absolute atomic E-state index is 10.8. The second-order valence-electron chi connectivity index (χ2n) is 3.89. The molecule has 0 saturated heterocycles. The largest absolute Gasteiger partial charge is 0.388 e. The van der Waals surface area contributed by atoms with E-state index in [2.05, 4.69) is 0 Å². The van der Waals surface area contributed by atoms with Gasteiger partial charge in [-0.25, -0.2) is 0 Å². The van der Waals surface area contributed by atoms with Crippen LogP contribution in [0, 0.1) is 0 Å². The van der Waals surface area contributed by atoms with Crippen molar-refractivity contribution in [2.24, 2.45) is 0 Å². The maximum Gasteiger partial charge on any atom is 0.188 e. The molecule has 0 saturated carbocycles. The molecule has 0 radical (unpaired) electrons. The Morgan fingerprint density at radius 2 is 0.950 bits per heavy atom. The summed E-state index contributed by atoms with van der Waals surface area (Å²) in [5, 5.41) is 16.9. The van der Waals surface area contributed by atoms with Crippen LogP contribution in [0.1, 0.15) is 20.7 Å². The second-order valence-corrected chi connectivity index (χ2v) is 3.89. The van der Waals surface area contributed by atoms with E-state index in [1.807, 2.05) is 12.1 Å². The normalized spacial score (nSPS) is 9.30. The number of benzene rings is 2. The minimum atomic E-state index is -0.413. The lowest BCUT2D eigenvalue weighted by Crippen LogP contribution is -2.02. The van der Waals surface area contributed by atoms with Crippen molar-refractivity contribution < 1.29 is 19.8 Å². The maximum atomic E-state index is 10.8. The zero-order valence-electron chi connectivity index (χ0n) is 10.9. The topological polar surface area (TPSA) is 74.6 Å². The Balaban J connectivity index is 0.000000200. The Labute approximate surface area is 117 Å². The lowest BCUT2D eigenvalue weighted by atomic mass is 10.1. The minimum absolute atomic E-state index is 0.236. The first-order valence-electron chi connectivity index (χ1n) is 6.07. The molecule has 2 aromatic rings. The zero-order valence-corrected chi connectivity index (χ0v) is 10.9. The molecule has 0 bridgehead atoms.